The van der Waals surface area contributed by atoms with Gasteiger partial charge in [-0.3, -0.25) is 4.79 Å². The van der Waals surface area contributed by atoms with Crippen LogP contribution in [0.4, 0.5) is 5.69 Å². The van der Waals surface area contributed by atoms with Crippen molar-refractivity contribution in [3.05, 3.63) is 24.3 Å². The third kappa shape index (κ3) is 2.33. The average Bonchev–Trinajstić information content (AvgIpc) is 2.64. The Hall–Kier alpha value is -1.55. The summed E-state index contributed by atoms with van der Waals surface area (Å²) < 4.78 is 0. The lowest BCUT2D eigenvalue weighted by Gasteiger charge is -2.14. The maximum absolute atomic E-state index is 11.9. The first-order valence-electron chi connectivity index (χ1n) is 5.47. The SMILES string of the molecule is CC1CNCC1C(=O)Nc1cccc(O)c1. The number of aromatic hydroxyl groups is 1. The van der Waals surface area contributed by atoms with E-state index in [2.05, 4.69) is 17.6 Å². The van der Waals surface area contributed by atoms with Crippen molar-refractivity contribution >= 4 is 11.6 Å². The van der Waals surface area contributed by atoms with Gasteiger partial charge in [-0.1, -0.05) is 13.0 Å². The molecular weight excluding hydrogens is 204 g/mol. The first-order chi connectivity index (χ1) is 7.66. The van der Waals surface area contributed by atoms with E-state index in [1.807, 2.05) is 0 Å². The van der Waals surface area contributed by atoms with Gasteiger partial charge in [-0.2, -0.15) is 0 Å². The van der Waals surface area contributed by atoms with Gasteiger partial charge in [0, 0.05) is 18.3 Å². The molecule has 0 aromatic heterocycles. The van der Waals surface area contributed by atoms with Crippen LogP contribution in [0.2, 0.25) is 0 Å². The summed E-state index contributed by atoms with van der Waals surface area (Å²) in [6.45, 7) is 3.68. The van der Waals surface area contributed by atoms with Crippen molar-refractivity contribution in [2.75, 3.05) is 18.4 Å². The number of hydrogen-bond acceptors (Lipinski definition) is 3. The van der Waals surface area contributed by atoms with Gasteiger partial charge in [0.05, 0.1) is 5.92 Å². The second kappa shape index (κ2) is 4.53. The van der Waals surface area contributed by atoms with E-state index in [9.17, 15) is 9.90 Å². The van der Waals surface area contributed by atoms with Gasteiger partial charge in [-0.05, 0) is 24.6 Å². The Morgan fingerprint density at radius 2 is 2.31 bits per heavy atom. The van der Waals surface area contributed by atoms with E-state index in [1.54, 1.807) is 24.3 Å². The lowest BCUT2D eigenvalue weighted by molar-refractivity contribution is -0.120. The third-order valence-electron chi connectivity index (χ3n) is 2.97. The highest BCUT2D eigenvalue weighted by Crippen LogP contribution is 2.20. The van der Waals surface area contributed by atoms with Crippen LogP contribution in [0, 0.1) is 11.8 Å². The minimum absolute atomic E-state index is 0.0161. The molecule has 86 valence electrons. The van der Waals surface area contributed by atoms with Crippen molar-refractivity contribution in [2.45, 2.75) is 6.92 Å². The zero-order chi connectivity index (χ0) is 11.5. The summed E-state index contributed by atoms with van der Waals surface area (Å²) in [5, 5.41) is 15.3. The minimum atomic E-state index is 0.0161. The Balaban J connectivity index is 2.02. The van der Waals surface area contributed by atoms with Gasteiger partial charge in [-0.15, -0.1) is 0 Å². The Labute approximate surface area is 94.7 Å². The van der Waals surface area contributed by atoms with Gasteiger partial charge in [-0.25, -0.2) is 0 Å². The lowest BCUT2D eigenvalue weighted by Crippen LogP contribution is -2.27. The van der Waals surface area contributed by atoms with Gasteiger partial charge in [0.2, 0.25) is 5.91 Å². The number of anilines is 1. The van der Waals surface area contributed by atoms with Crippen molar-refractivity contribution in [3.63, 3.8) is 0 Å². The fourth-order valence-electron chi connectivity index (χ4n) is 1.98. The summed E-state index contributed by atoms with van der Waals surface area (Å²) >= 11 is 0. The maximum atomic E-state index is 11.9. The molecule has 1 saturated heterocycles. The van der Waals surface area contributed by atoms with Crippen LogP contribution in [0.5, 0.6) is 5.75 Å². The monoisotopic (exact) mass is 220 g/mol. The van der Waals surface area contributed by atoms with E-state index >= 15 is 0 Å². The number of phenolic OH excluding ortho intramolecular Hbond substituents is 1. The lowest BCUT2D eigenvalue weighted by atomic mass is 9.97. The highest BCUT2D eigenvalue weighted by molar-refractivity contribution is 5.93. The molecule has 1 heterocycles. The predicted octanol–water partition coefficient (Wildman–Crippen LogP) is 1.19. The number of rotatable bonds is 2. The maximum Gasteiger partial charge on any atom is 0.229 e. The Morgan fingerprint density at radius 3 is 2.94 bits per heavy atom. The molecule has 0 saturated carbocycles. The smallest absolute Gasteiger partial charge is 0.229 e. The first-order valence-corrected chi connectivity index (χ1v) is 5.47. The van der Waals surface area contributed by atoms with Crippen LogP contribution in [0.25, 0.3) is 0 Å². The number of nitrogens with one attached hydrogen (secondary N) is 2. The van der Waals surface area contributed by atoms with Gasteiger partial charge in [0.15, 0.2) is 0 Å². The fourth-order valence-corrected chi connectivity index (χ4v) is 1.98. The Bertz CT molecular complexity index is 392. The van der Waals surface area contributed by atoms with Crippen molar-refractivity contribution in [2.24, 2.45) is 11.8 Å². The van der Waals surface area contributed by atoms with Gasteiger partial charge >= 0.3 is 0 Å². The molecule has 16 heavy (non-hydrogen) atoms. The zero-order valence-electron chi connectivity index (χ0n) is 9.23. The molecule has 1 aliphatic heterocycles. The predicted molar refractivity (Wildman–Crippen MR) is 62.3 cm³/mol. The second-order valence-electron chi connectivity index (χ2n) is 4.28. The Morgan fingerprint density at radius 1 is 1.50 bits per heavy atom. The van der Waals surface area contributed by atoms with Crippen LogP contribution < -0.4 is 10.6 Å². The van der Waals surface area contributed by atoms with Crippen molar-refractivity contribution in [1.29, 1.82) is 0 Å². The molecule has 2 rings (SSSR count). The zero-order valence-corrected chi connectivity index (χ0v) is 9.23. The molecule has 3 N–H and O–H groups in total. The first kappa shape index (κ1) is 11.0. The molecule has 2 atom stereocenters. The highest BCUT2D eigenvalue weighted by Gasteiger charge is 2.29. The van der Waals surface area contributed by atoms with Crippen LogP contribution in [0.1, 0.15) is 6.92 Å². The standard InChI is InChI=1S/C12H16N2O2/c1-8-6-13-7-11(8)12(16)14-9-3-2-4-10(15)5-9/h2-5,8,11,13,15H,6-7H2,1H3,(H,14,16). The van der Waals surface area contributed by atoms with E-state index in [1.165, 1.54) is 0 Å². The summed E-state index contributed by atoms with van der Waals surface area (Å²) in [6, 6.07) is 6.60. The summed E-state index contributed by atoms with van der Waals surface area (Å²) in [5.74, 6) is 0.554. The molecular formula is C12H16N2O2. The van der Waals surface area contributed by atoms with Gasteiger partial charge in [0.25, 0.3) is 0 Å². The molecule has 1 aliphatic rings. The number of hydrogen-bond donors (Lipinski definition) is 3. The molecule has 1 aromatic carbocycles. The number of carbonyl (C=O) groups is 1. The van der Waals surface area contributed by atoms with Crippen molar-refractivity contribution in [3.8, 4) is 5.75 Å². The van der Waals surface area contributed by atoms with Crippen LogP contribution in [-0.4, -0.2) is 24.1 Å². The van der Waals surface area contributed by atoms with Crippen LogP contribution >= 0.6 is 0 Å². The number of benzene rings is 1. The summed E-state index contributed by atoms with van der Waals surface area (Å²) in [4.78, 5) is 11.9. The second-order valence-corrected chi connectivity index (χ2v) is 4.28. The summed E-state index contributed by atoms with van der Waals surface area (Å²) in [7, 11) is 0. The molecule has 0 aliphatic carbocycles. The normalized spacial score (nSPS) is 24.3. The molecule has 1 aromatic rings. The van der Waals surface area contributed by atoms with E-state index in [0.29, 0.717) is 11.6 Å². The van der Waals surface area contributed by atoms with Crippen LogP contribution in [0.3, 0.4) is 0 Å². The topological polar surface area (TPSA) is 61.4 Å². The molecule has 0 radical (unpaired) electrons. The molecule has 2 unspecified atom stereocenters. The van der Waals surface area contributed by atoms with E-state index in [-0.39, 0.29) is 17.6 Å². The molecule has 0 spiro atoms. The van der Waals surface area contributed by atoms with Crippen molar-refractivity contribution in [1.82, 2.24) is 5.32 Å². The van der Waals surface area contributed by atoms with E-state index in [4.69, 9.17) is 0 Å². The third-order valence-corrected chi connectivity index (χ3v) is 2.97. The van der Waals surface area contributed by atoms with E-state index in [0.717, 1.165) is 13.1 Å². The highest BCUT2D eigenvalue weighted by atomic mass is 16.3. The molecule has 4 heteroatoms. The van der Waals surface area contributed by atoms with Crippen LogP contribution in [-0.2, 0) is 4.79 Å². The largest absolute Gasteiger partial charge is 0.508 e. The Kier molecular flexibility index (Phi) is 3.10. The molecule has 1 amide bonds. The number of amides is 1. The van der Waals surface area contributed by atoms with E-state index < -0.39 is 0 Å². The number of carbonyl (C=O) groups excluding carboxylic acids is 1. The summed E-state index contributed by atoms with van der Waals surface area (Å²) in [5.41, 5.74) is 0.643. The molecule has 0 bridgehead atoms. The number of phenols is 1. The van der Waals surface area contributed by atoms with Crippen LogP contribution in [0.15, 0.2) is 24.3 Å². The fraction of sp³-hybridized carbons (Fsp3) is 0.417. The quantitative estimate of drug-likeness (QED) is 0.701. The average molecular weight is 220 g/mol. The molecule has 4 nitrogen and oxygen atoms in total. The minimum Gasteiger partial charge on any atom is -0.508 e. The van der Waals surface area contributed by atoms with Gasteiger partial charge < -0.3 is 15.7 Å². The summed E-state index contributed by atoms with van der Waals surface area (Å²) in [6.07, 6.45) is 0. The molecule has 1 fully saturated rings. The van der Waals surface area contributed by atoms with Crippen molar-refractivity contribution < 1.29 is 9.90 Å². The van der Waals surface area contributed by atoms with Gasteiger partial charge in [0.1, 0.15) is 5.75 Å².